The van der Waals surface area contributed by atoms with Gasteiger partial charge < -0.3 is 10.1 Å². The van der Waals surface area contributed by atoms with Crippen LogP contribution in [-0.4, -0.2) is 7.85 Å². The van der Waals surface area contributed by atoms with Gasteiger partial charge in [-0.3, -0.25) is 0 Å². The maximum Gasteiger partial charge on any atom is 0.196 e. The molecule has 2 atom stereocenters. The van der Waals surface area contributed by atoms with Crippen LogP contribution in [0, 0.1) is 5.92 Å². The maximum atomic E-state index is 6.34. The zero-order valence-electron chi connectivity index (χ0n) is 13.2. The third-order valence-electron chi connectivity index (χ3n) is 4.94. The molecule has 24 heavy (non-hydrogen) atoms. The summed E-state index contributed by atoms with van der Waals surface area (Å²) >= 11 is 0. The molecule has 1 saturated heterocycles. The number of ether oxygens (including phenoxy) is 1. The van der Waals surface area contributed by atoms with Crippen molar-refractivity contribution >= 4 is 25.0 Å². The fraction of sp³-hybridized carbons (Fsp3) is 0.143. The van der Waals surface area contributed by atoms with Crippen molar-refractivity contribution in [2.75, 3.05) is 0 Å². The molecule has 3 aliphatic rings. The van der Waals surface area contributed by atoms with Gasteiger partial charge in [0.1, 0.15) is 13.6 Å². The first-order chi connectivity index (χ1) is 11.8. The lowest BCUT2D eigenvalue weighted by Gasteiger charge is -2.27. The highest BCUT2D eigenvalue weighted by atomic mass is 16.5. The number of allylic oxidation sites excluding steroid dienone is 3. The summed E-state index contributed by atoms with van der Waals surface area (Å²) in [7, 11) is 6.04. The van der Waals surface area contributed by atoms with Crippen molar-refractivity contribution in [1.82, 2.24) is 5.32 Å². The molecule has 2 aromatic carbocycles. The molecular weight excluding hydrogens is 293 g/mol. The highest BCUT2D eigenvalue weighted by Crippen LogP contribution is 2.45. The van der Waals surface area contributed by atoms with Gasteiger partial charge in [0.15, 0.2) is 6.23 Å². The van der Waals surface area contributed by atoms with E-state index in [0.717, 1.165) is 28.9 Å². The predicted octanol–water partition coefficient (Wildman–Crippen LogP) is 3.44. The normalized spacial score (nSPS) is 23.6. The second-order valence-corrected chi connectivity index (χ2v) is 6.46. The van der Waals surface area contributed by atoms with Crippen LogP contribution in [0.1, 0.15) is 29.3 Å². The topological polar surface area (TPSA) is 21.3 Å². The molecule has 1 fully saturated rings. The zero-order valence-corrected chi connectivity index (χ0v) is 13.2. The zero-order chi connectivity index (χ0) is 16.1. The molecule has 2 aliphatic carbocycles. The molecule has 1 aliphatic heterocycles. The highest BCUT2D eigenvalue weighted by Gasteiger charge is 2.35. The van der Waals surface area contributed by atoms with E-state index in [1.807, 2.05) is 24.3 Å². The fourth-order valence-electron chi connectivity index (χ4n) is 3.76. The Morgan fingerprint density at radius 3 is 2.83 bits per heavy atom. The average Bonchev–Trinajstić information content (AvgIpc) is 3.06. The van der Waals surface area contributed by atoms with Gasteiger partial charge in [0.25, 0.3) is 0 Å². The van der Waals surface area contributed by atoms with Gasteiger partial charge in [0, 0.05) is 17.1 Å². The van der Waals surface area contributed by atoms with Crippen molar-refractivity contribution in [3.8, 4) is 0 Å². The lowest BCUT2D eigenvalue weighted by atomic mass is 9.77. The fourth-order valence-corrected chi connectivity index (χ4v) is 3.76. The van der Waals surface area contributed by atoms with Gasteiger partial charge in [-0.25, -0.2) is 0 Å². The van der Waals surface area contributed by atoms with E-state index in [0.29, 0.717) is 5.92 Å². The minimum Gasteiger partial charge on any atom is -0.464 e. The largest absolute Gasteiger partial charge is 0.464 e. The summed E-state index contributed by atoms with van der Waals surface area (Å²) in [5.74, 6) is 1.32. The minimum absolute atomic E-state index is 0.130. The van der Waals surface area contributed by atoms with Gasteiger partial charge in [0.05, 0.1) is 5.70 Å². The Bertz CT molecular complexity index is 911. The molecule has 1 N–H and O–H groups in total. The van der Waals surface area contributed by atoms with E-state index >= 15 is 0 Å². The van der Waals surface area contributed by atoms with Crippen LogP contribution in [0.4, 0.5) is 0 Å². The molecule has 2 unspecified atom stereocenters. The van der Waals surface area contributed by atoms with Crippen molar-refractivity contribution in [2.24, 2.45) is 5.92 Å². The molecule has 0 aromatic heterocycles. The quantitative estimate of drug-likeness (QED) is 0.815. The van der Waals surface area contributed by atoms with Crippen LogP contribution in [0.5, 0.6) is 0 Å². The first-order valence-electron chi connectivity index (χ1n) is 8.30. The maximum absolute atomic E-state index is 6.34. The molecular formula is C21H16BNO. The number of fused-ring (bicyclic) bond motifs is 4. The van der Waals surface area contributed by atoms with Crippen molar-refractivity contribution < 1.29 is 4.74 Å². The van der Waals surface area contributed by atoms with Gasteiger partial charge in [-0.05, 0) is 17.5 Å². The van der Waals surface area contributed by atoms with Crippen LogP contribution in [0.3, 0.4) is 0 Å². The monoisotopic (exact) mass is 309 g/mol. The predicted molar refractivity (Wildman–Crippen MR) is 97.4 cm³/mol. The number of nitrogens with one attached hydrogen (secondary N) is 1. The Labute approximate surface area is 143 Å². The molecule has 2 aromatic rings. The molecule has 2 radical (unpaired) electrons. The van der Waals surface area contributed by atoms with Crippen LogP contribution < -0.4 is 10.8 Å². The van der Waals surface area contributed by atoms with Gasteiger partial charge in [0.2, 0.25) is 0 Å². The summed E-state index contributed by atoms with van der Waals surface area (Å²) in [4.78, 5) is 0. The Balaban J connectivity index is 1.63. The molecule has 0 saturated carbocycles. The van der Waals surface area contributed by atoms with E-state index in [1.165, 1.54) is 16.7 Å². The number of hydrogen-bond donors (Lipinski definition) is 1. The Hall–Kier alpha value is -2.68. The van der Waals surface area contributed by atoms with Gasteiger partial charge in [-0.2, -0.15) is 0 Å². The van der Waals surface area contributed by atoms with E-state index in [-0.39, 0.29) is 6.23 Å². The Kier molecular flexibility index (Phi) is 2.96. The number of benzene rings is 2. The van der Waals surface area contributed by atoms with Gasteiger partial charge >= 0.3 is 0 Å². The molecule has 114 valence electrons. The SMILES string of the molecule is [B]c1ccc2c(c1)C1=C3OC(c4ccccc4)NC3=CCC1C=C2. The Morgan fingerprint density at radius 2 is 1.96 bits per heavy atom. The summed E-state index contributed by atoms with van der Waals surface area (Å²) < 4.78 is 6.34. The molecule has 0 spiro atoms. The van der Waals surface area contributed by atoms with Crippen LogP contribution in [0.25, 0.3) is 11.6 Å². The Morgan fingerprint density at radius 1 is 1.08 bits per heavy atom. The van der Waals surface area contributed by atoms with E-state index in [1.54, 1.807) is 0 Å². The summed E-state index contributed by atoms with van der Waals surface area (Å²) in [5.41, 5.74) is 6.67. The number of hydrogen-bond acceptors (Lipinski definition) is 2. The molecule has 0 bridgehead atoms. The van der Waals surface area contributed by atoms with E-state index in [9.17, 15) is 0 Å². The van der Waals surface area contributed by atoms with E-state index in [2.05, 4.69) is 47.8 Å². The third kappa shape index (κ3) is 2.05. The molecule has 1 heterocycles. The molecule has 0 amide bonds. The first kappa shape index (κ1) is 13.7. The van der Waals surface area contributed by atoms with Gasteiger partial charge in [-0.1, -0.05) is 72.2 Å². The standard InChI is InChI=1S/C21H16BNO/c22-16-10-8-13-6-7-14-9-11-18-20(19(14)17(13)12-16)24-21(23-18)15-4-2-1-3-5-15/h1-8,10-12,14,21,23H,9H2. The third-order valence-corrected chi connectivity index (χ3v) is 4.94. The lowest BCUT2D eigenvalue weighted by Crippen LogP contribution is -2.17. The van der Waals surface area contributed by atoms with Crippen LogP contribution in [0.15, 0.2) is 72.1 Å². The summed E-state index contributed by atoms with van der Waals surface area (Å²) in [6.07, 6.45) is 7.56. The first-order valence-corrected chi connectivity index (χ1v) is 8.30. The van der Waals surface area contributed by atoms with Crippen molar-refractivity contribution in [3.63, 3.8) is 0 Å². The summed E-state index contributed by atoms with van der Waals surface area (Å²) in [5, 5.41) is 3.51. The second-order valence-electron chi connectivity index (χ2n) is 6.46. The summed E-state index contributed by atoms with van der Waals surface area (Å²) in [6, 6.07) is 16.4. The van der Waals surface area contributed by atoms with Crippen LogP contribution >= 0.6 is 0 Å². The minimum atomic E-state index is -0.130. The highest BCUT2D eigenvalue weighted by molar-refractivity contribution is 6.32. The van der Waals surface area contributed by atoms with Crippen molar-refractivity contribution in [1.29, 1.82) is 0 Å². The molecule has 5 rings (SSSR count). The smallest absolute Gasteiger partial charge is 0.196 e. The number of rotatable bonds is 1. The lowest BCUT2D eigenvalue weighted by molar-refractivity contribution is 0.148. The van der Waals surface area contributed by atoms with Gasteiger partial charge in [-0.15, -0.1) is 0 Å². The van der Waals surface area contributed by atoms with Crippen LogP contribution in [0.2, 0.25) is 0 Å². The van der Waals surface area contributed by atoms with E-state index < -0.39 is 0 Å². The van der Waals surface area contributed by atoms with E-state index in [4.69, 9.17) is 12.6 Å². The molecule has 2 nitrogen and oxygen atoms in total. The molecule has 3 heteroatoms. The average molecular weight is 309 g/mol. The van der Waals surface area contributed by atoms with Crippen LogP contribution in [-0.2, 0) is 4.74 Å². The summed E-state index contributed by atoms with van der Waals surface area (Å²) in [6.45, 7) is 0. The second kappa shape index (κ2) is 5.17. The van der Waals surface area contributed by atoms with Crippen molar-refractivity contribution in [3.05, 3.63) is 88.8 Å². The van der Waals surface area contributed by atoms with Crippen molar-refractivity contribution in [2.45, 2.75) is 12.6 Å².